The molecule has 5 rings (SSSR count). The second-order valence-electron chi connectivity index (χ2n) is 10.8. The minimum atomic E-state index is -1.03. The molecule has 5 nitrogen and oxygen atoms in total. The Morgan fingerprint density at radius 1 is 1.13 bits per heavy atom. The van der Waals surface area contributed by atoms with Crippen LogP contribution in [-0.2, 0) is 14.3 Å². The van der Waals surface area contributed by atoms with Gasteiger partial charge in [0.2, 0.25) is 0 Å². The van der Waals surface area contributed by atoms with Crippen molar-refractivity contribution in [1.29, 1.82) is 0 Å². The minimum absolute atomic E-state index is 0.00803. The van der Waals surface area contributed by atoms with Gasteiger partial charge >= 0.3 is 5.97 Å². The van der Waals surface area contributed by atoms with Crippen molar-refractivity contribution in [2.45, 2.75) is 77.1 Å². The van der Waals surface area contributed by atoms with Gasteiger partial charge in [0.1, 0.15) is 5.03 Å². The predicted octanol–water partition coefficient (Wildman–Crippen LogP) is 4.63. The van der Waals surface area contributed by atoms with Crippen LogP contribution in [0, 0.1) is 28.6 Å². The number of carboxylic acid groups (broad SMARTS) is 1. The lowest BCUT2D eigenvalue weighted by Gasteiger charge is -2.63. The van der Waals surface area contributed by atoms with Gasteiger partial charge in [-0.25, -0.2) is 4.79 Å². The summed E-state index contributed by atoms with van der Waals surface area (Å²) in [5.74, 6) is -1.06. The SMILES string of the molecule is C[C@H]1C[C@H]2[C@@H]3CC=C4CC5(CC[C@]4(C)[C@@]3(O)CC[C@]2(C)/C1=C(/Cl)C(=O)O)OCCO5. The van der Waals surface area contributed by atoms with Crippen LogP contribution in [0.25, 0.3) is 0 Å². The fourth-order valence-electron chi connectivity index (χ4n) is 8.02. The molecule has 3 saturated carbocycles. The van der Waals surface area contributed by atoms with E-state index in [1.165, 1.54) is 5.57 Å². The number of carbonyl (C=O) groups is 1. The number of hydrogen-bond acceptors (Lipinski definition) is 4. The molecule has 1 saturated heterocycles. The van der Waals surface area contributed by atoms with Crippen molar-refractivity contribution in [3.8, 4) is 0 Å². The van der Waals surface area contributed by atoms with Gasteiger partial charge in [0.15, 0.2) is 5.79 Å². The molecule has 0 aromatic rings. The lowest BCUT2D eigenvalue weighted by molar-refractivity contribution is -0.218. The highest BCUT2D eigenvalue weighted by Gasteiger charge is 2.67. The molecule has 4 aliphatic carbocycles. The van der Waals surface area contributed by atoms with Crippen LogP contribution in [0.5, 0.6) is 0 Å². The number of aliphatic carboxylic acids is 1. The van der Waals surface area contributed by atoms with E-state index in [0.29, 0.717) is 19.6 Å². The monoisotopic (exact) mass is 436 g/mol. The number of rotatable bonds is 1. The molecule has 5 aliphatic rings. The average Bonchev–Trinajstić information content (AvgIpc) is 3.25. The average molecular weight is 437 g/mol. The molecular formula is C24H33ClO5. The molecule has 0 aromatic heterocycles. The third-order valence-electron chi connectivity index (χ3n) is 9.64. The molecule has 2 N–H and O–H groups in total. The standard InChI is InChI=1S/C24H33ClO5/c1-14-12-17-16-5-4-15-13-23(29-10-11-30-23)8-7-22(15,3)24(16,28)9-6-21(17,2)18(14)19(25)20(26)27/h4,14,16-17,28H,5-13H2,1-3H3,(H,26,27)/b19-18+/t14-,16-,17-,21-,22-,24+/m0/s1. The largest absolute Gasteiger partial charge is 0.477 e. The maximum atomic E-state index is 12.3. The van der Waals surface area contributed by atoms with E-state index in [0.717, 1.165) is 44.1 Å². The van der Waals surface area contributed by atoms with Crippen LogP contribution in [0.3, 0.4) is 0 Å². The smallest absolute Gasteiger partial charge is 0.347 e. The lowest BCUT2D eigenvalue weighted by atomic mass is 9.45. The Bertz CT molecular complexity index is 843. The topological polar surface area (TPSA) is 76.0 Å². The summed E-state index contributed by atoms with van der Waals surface area (Å²) < 4.78 is 12.0. The van der Waals surface area contributed by atoms with E-state index in [-0.39, 0.29) is 33.6 Å². The fraction of sp³-hybridized carbons (Fsp3) is 0.792. The maximum absolute atomic E-state index is 12.3. The van der Waals surface area contributed by atoms with E-state index < -0.39 is 17.4 Å². The zero-order chi connectivity index (χ0) is 21.5. The second kappa shape index (κ2) is 6.57. The molecule has 4 fully saturated rings. The molecule has 166 valence electrons. The zero-order valence-electron chi connectivity index (χ0n) is 18.2. The van der Waals surface area contributed by atoms with Crippen molar-refractivity contribution in [2.24, 2.45) is 28.6 Å². The van der Waals surface area contributed by atoms with Gasteiger partial charge in [0, 0.05) is 18.3 Å². The first kappa shape index (κ1) is 21.0. The van der Waals surface area contributed by atoms with E-state index >= 15 is 0 Å². The summed E-state index contributed by atoms with van der Waals surface area (Å²) in [7, 11) is 0. The summed E-state index contributed by atoms with van der Waals surface area (Å²) in [5.41, 5.74) is 0.833. The van der Waals surface area contributed by atoms with E-state index in [9.17, 15) is 15.0 Å². The first-order valence-electron chi connectivity index (χ1n) is 11.4. The molecule has 1 heterocycles. The Morgan fingerprint density at radius 2 is 1.83 bits per heavy atom. The Hall–Kier alpha value is -0.880. The Kier molecular flexibility index (Phi) is 4.59. The molecule has 30 heavy (non-hydrogen) atoms. The first-order chi connectivity index (χ1) is 14.1. The molecule has 0 amide bonds. The number of allylic oxidation sites excluding steroid dienone is 2. The summed E-state index contributed by atoms with van der Waals surface area (Å²) in [4.78, 5) is 11.7. The highest BCUT2D eigenvalue weighted by atomic mass is 35.5. The number of carboxylic acids is 1. The number of hydrogen-bond donors (Lipinski definition) is 2. The Labute approximate surface area is 183 Å². The van der Waals surface area contributed by atoms with Crippen LogP contribution in [0.4, 0.5) is 0 Å². The predicted molar refractivity (Wildman–Crippen MR) is 113 cm³/mol. The highest BCUT2D eigenvalue weighted by Crippen LogP contribution is 2.69. The molecule has 0 radical (unpaired) electrons. The molecule has 0 unspecified atom stereocenters. The summed E-state index contributed by atoms with van der Waals surface area (Å²) in [5, 5.41) is 21.8. The highest BCUT2D eigenvalue weighted by molar-refractivity contribution is 6.41. The van der Waals surface area contributed by atoms with Gasteiger partial charge < -0.3 is 19.7 Å². The molecule has 0 aromatic carbocycles. The number of ether oxygens (including phenoxy) is 2. The summed E-state index contributed by atoms with van der Waals surface area (Å²) in [6.45, 7) is 7.80. The number of halogens is 1. The van der Waals surface area contributed by atoms with Gasteiger partial charge in [-0.3, -0.25) is 0 Å². The Balaban J connectivity index is 1.53. The quantitative estimate of drug-likeness (QED) is 0.463. The van der Waals surface area contributed by atoms with Crippen molar-refractivity contribution in [3.05, 3.63) is 22.3 Å². The maximum Gasteiger partial charge on any atom is 0.347 e. The van der Waals surface area contributed by atoms with Gasteiger partial charge in [0.25, 0.3) is 0 Å². The molecule has 6 heteroatoms. The van der Waals surface area contributed by atoms with Gasteiger partial charge in [-0.15, -0.1) is 0 Å². The van der Waals surface area contributed by atoms with Gasteiger partial charge in [0.05, 0.1) is 18.8 Å². The van der Waals surface area contributed by atoms with Crippen molar-refractivity contribution in [2.75, 3.05) is 13.2 Å². The Morgan fingerprint density at radius 3 is 2.50 bits per heavy atom. The van der Waals surface area contributed by atoms with Crippen LogP contribution in [-0.4, -0.2) is 40.8 Å². The molecule has 0 bridgehead atoms. The van der Waals surface area contributed by atoms with Crippen molar-refractivity contribution < 1.29 is 24.5 Å². The number of fused-ring (bicyclic) bond motifs is 5. The fourth-order valence-corrected chi connectivity index (χ4v) is 8.43. The van der Waals surface area contributed by atoms with Crippen molar-refractivity contribution >= 4 is 17.6 Å². The van der Waals surface area contributed by atoms with Crippen LogP contribution >= 0.6 is 11.6 Å². The number of aliphatic hydroxyl groups is 1. The third kappa shape index (κ3) is 2.55. The lowest BCUT2D eigenvalue weighted by Crippen LogP contribution is -2.63. The summed E-state index contributed by atoms with van der Waals surface area (Å²) in [6, 6.07) is 0. The first-order valence-corrected chi connectivity index (χ1v) is 11.8. The van der Waals surface area contributed by atoms with Crippen molar-refractivity contribution in [3.63, 3.8) is 0 Å². The molecule has 1 spiro atoms. The van der Waals surface area contributed by atoms with Crippen molar-refractivity contribution in [1.82, 2.24) is 0 Å². The van der Waals surface area contributed by atoms with Crippen LogP contribution in [0.15, 0.2) is 22.3 Å². The van der Waals surface area contributed by atoms with Gasteiger partial charge in [-0.05, 0) is 60.8 Å². The minimum Gasteiger partial charge on any atom is -0.477 e. The van der Waals surface area contributed by atoms with E-state index in [4.69, 9.17) is 21.1 Å². The van der Waals surface area contributed by atoms with Crippen LogP contribution < -0.4 is 0 Å². The summed E-state index contributed by atoms with van der Waals surface area (Å²) in [6.07, 6.45) is 7.89. The van der Waals surface area contributed by atoms with E-state index in [2.05, 4.69) is 26.8 Å². The van der Waals surface area contributed by atoms with Crippen LogP contribution in [0.2, 0.25) is 0 Å². The molecule has 1 aliphatic heterocycles. The third-order valence-corrected chi connectivity index (χ3v) is 10.0. The second-order valence-corrected chi connectivity index (χ2v) is 11.2. The van der Waals surface area contributed by atoms with Gasteiger partial charge in [-0.2, -0.15) is 0 Å². The van der Waals surface area contributed by atoms with Crippen LogP contribution in [0.1, 0.15) is 65.7 Å². The van der Waals surface area contributed by atoms with E-state index in [1.807, 2.05) is 0 Å². The van der Waals surface area contributed by atoms with Gasteiger partial charge in [-0.1, -0.05) is 44.0 Å². The summed E-state index contributed by atoms with van der Waals surface area (Å²) >= 11 is 6.32. The zero-order valence-corrected chi connectivity index (χ0v) is 18.9. The molecule has 6 atom stereocenters. The van der Waals surface area contributed by atoms with E-state index in [1.54, 1.807) is 0 Å². The normalized spacial score (nSPS) is 48.6. The molecular weight excluding hydrogens is 404 g/mol.